The van der Waals surface area contributed by atoms with Crippen LogP contribution < -0.4 is 10.6 Å². The van der Waals surface area contributed by atoms with Crippen molar-refractivity contribution in [2.75, 3.05) is 19.6 Å². The van der Waals surface area contributed by atoms with Gasteiger partial charge in [0.1, 0.15) is 0 Å². The van der Waals surface area contributed by atoms with Crippen LogP contribution in [0.5, 0.6) is 0 Å². The summed E-state index contributed by atoms with van der Waals surface area (Å²) in [6.07, 6.45) is 3.82. The smallest absolute Gasteiger partial charge is 0.315 e. The number of nitrogens with zero attached hydrogens (tertiary/aromatic N) is 1. The molecule has 1 aromatic carbocycles. The Balaban J connectivity index is 1.68. The van der Waals surface area contributed by atoms with Gasteiger partial charge in [-0.2, -0.15) is 0 Å². The number of carbonyl (C=O) groups excluding carboxylic acids is 2. The topological polar surface area (TPSA) is 102 Å². The second-order valence-corrected chi connectivity index (χ2v) is 11.3. The van der Waals surface area contributed by atoms with Crippen LogP contribution >= 0.6 is 11.6 Å². The number of amides is 3. The van der Waals surface area contributed by atoms with Gasteiger partial charge >= 0.3 is 6.03 Å². The minimum Gasteiger partial charge on any atom is -0.389 e. The molecule has 0 aromatic heterocycles. The fourth-order valence-electron chi connectivity index (χ4n) is 5.12. The van der Waals surface area contributed by atoms with Crippen molar-refractivity contribution in [2.45, 2.75) is 77.0 Å². The molecular formula is C25H38ClN3O4. The average Bonchev–Trinajstić information content (AvgIpc) is 2.74. The SMILES string of the molecule is CC(C)(O)CNC(=O)N[C@@H]1CCCC[C@@H]1C(=O)N1CCC(O)(c2ccc(Cl)cc2)C(C)(C)C1. The van der Waals surface area contributed by atoms with Gasteiger partial charge in [-0.3, -0.25) is 4.79 Å². The first-order valence-electron chi connectivity index (χ1n) is 11.9. The Morgan fingerprint density at radius 2 is 1.82 bits per heavy atom. The zero-order chi connectivity index (χ0) is 24.4. The molecule has 1 aliphatic heterocycles. The van der Waals surface area contributed by atoms with Crippen LogP contribution in [0.2, 0.25) is 5.02 Å². The highest BCUT2D eigenvalue weighted by atomic mass is 35.5. The van der Waals surface area contributed by atoms with Crippen molar-refractivity contribution in [3.8, 4) is 0 Å². The second-order valence-electron chi connectivity index (χ2n) is 10.9. The van der Waals surface area contributed by atoms with E-state index in [9.17, 15) is 19.8 Å². The molecule has 4 N–H and O–H groups in total. The maximum absolute atomic E-state index is 13.6. The third kappa shape index (κ3) is 6.00. The lowest BCUT2D eigenvalue weighted by atomic mass is 9.66. The first-order chi connectivity index (χ1) is 15.3. The van der Waals surface area contributed by atoms with Gasteiger partial charge in [0.05, 0.1) is 17.1 Å². The number of likely N-dealkylation sites (tertiary alicyclic amines) is 1. The van der Waals surface area contributed by atoms with Crippen LogP contribution in [0.25, 0.3) is 0 Å². The largest absolute Gasteiger partial charge is 0.389 e. The van der Waals surface area contributed by atoms with E-state index >= 15 is 0 Å². The predicted octanol–water partition coefficient (Wildman–Crippen LogP) is 3.42. The zero-order valence-corrected chi connectivity index (χ0v) is 20.9. The summed E-state index contributed by atoms with van der Waals surface area (Å²) in [5.74, 6) is -0.252. The molecule has 2 aliphatic rings. The molecule has 7 nitrogen and oxygen atoms in total. The summed E-state index contributed by atoms with van der Waals surface area (Å²) < 4.78 is 0. The Morgan fingerprint density at radius 1 is 1.18 bits per heavy atom. The first kappa shape index (κ1) is 25.8. The van der Waals surface area contributed by atoms with Crippen LogP contribution in [0.1, 0.15) is 65.4 Å². The van der Waals surface area contributed by atoms with Crippen molar-refractivity contribution in [3.05, 3.63) is 34.9 Å². The monoisotopic (exact) mass is 479 g/mol. The Morgan fingerprint density at radius 3 is 2.42 bits per heavy atom. The number of hydrogen-bond acceptors (Lipinski definition) is 4. The van der Waals surface area contributed by atoms with Crippen LogP contribution in [-0.2, 0) is 10.4 Å². The van der Waals surface area contributed by atoms with E-state index in [-0.39, 0.29) is 30.4 Å². The van der Waals surface area contributed by atoms with Crippen LogP contribution in [0.4, 0.5) is 4.79 Å². The van der Waals surface area contributed by atoms with Crippen molar-refractivity contribution in [3.63, 3.8) is 0 Å². The molecule has 1 aliphatic carbocycles. The molecule has 8 heteroatoms. The number of halogens is 1. The van der Waals surface area contributed by atoms with Gasteiger partial charge in [-0.15, -0.1) is 0 Å². The molecule has 3 amide bonds. The number of rotatable bonds is 5. The lowest BCUT2D eigenvalue weighted by Crippen LogP contribution is -2.59. The van der Waals surface area contributed by atoms with E-state index in [1.54, 1.807) is 26.0 Å². The van der Waals surface area contributed by atoms with Gasteiger partial charge in [0.15, 0.2) is 0 Å². The fraction of sp³-hybridized carbons (Fsp3) is 0.680. The average molecular weight is 480 g/mol. The van der Waals surface area contributed by atoms with Gasteiger partial charge in [-0.25, -0.2) is 4.79 Å². The maximum Gasteiger partial charge on any atom is 0.315 e. The predicted molar refractivity (Wildman–Crippen MR) is 129 cm³/mol. The van der Waals surface area contributed by atoms with Crippen molar-refractivity contribution in [1.82, 2.24) is 15.5 Å². The number of nitrogens with one attached hydrogen (secondary N) is 2. The highest BCUT2D eigenvalue weighted by Gasteiger charge is 2.50. The molecule has 3 rings (SSSR count). The summed E-state index contributed by atoms with van der Waals surface area (Å²) in [6, 6.07) is 6.67. The number of carbonyl (C=O) groups is 2. The molecule has 1 saturated heterocycles. The van der Waals surface area contributed by atoms with Crippen LogP contribution in [0, 0.1) is 11.3 Å². The van der Waals surface area contributed by atoms with E-state index < -0.39 is 16.6 Å². The van der Waals surface area contributed by atoms with Crippen LogP contribution in [0.15, 0.2) is 24.3 Å². The van der Waals surface area contributed by atoms with Gasteiger partial charge < -0.3 is 25.7 Å². The molecular weight excluding hydrogens is 442 g/mol. The lowest BCUT2D eigenvalue weighted by Gasteiger charge is -2.51. The van der Waals surface area contributed by atoms with E-state index in [1.807, 2.05) is 30.9 Å². The van der Waals surface area contributed by atoms with Gasteiger partial charge in [0.25, 0.3) is 0 Å². The third-order valence-electron chi connectivity index (χ3n) is 7.16. The van der Waals surface area contributed by atoms with Gasteiger partial charge in [-0.05, 0) is 50.8 Å². The molecule has 1 heterocycles. The molecule has 184 valence electrons. The maximum atomic E-state index is 13.6. The second kappa shape index (κ2) is 9.80. The molecule has 1 aromatic rings. The summed E-state index contributed by atoms with van der Waals surface area (Å²) >= 11 is 6.03. The van der Waals surface area contributed by atoms with Crippen molar-refractivity contribution >= 4 is 23.5 Å². The molecule has 1 unspecified atom stereocenters. The van der Waals surface area contributed by atoms with Crippen molar-refractivity contribution < 1.29 is 19.8 Å². The standard InChI is InChI=1S/C25H38ClN3O4/c1-23(2)16-29(14-13-25(23,33)17-9-11-18(26)12-10-17)21(30)19-7-5-6-8-20(19)28-22(31)27-15-24(3,4)32/h9-12,19-20,32-33H,5-8,13-16H2,1-4H3,(H2,27,28,31)/t19-,20+,25?/m0/s1. The molecule has 33 heavy (non-hydrogen) atoms. The summed E-state index contributed by atoms with van der Waals surface area (Å²) in [5.41, 5.74) is -1.81. The lowest BCUT2D eigenvalue weighted by molar-refractivity contribution is -0.158. The third-order valence-corrected chi connectivity index (χ3v) is 7.42. The Kier molecular flexibility index (Phi) is 7.66. The molecule has 0 radical (unpaired) electrons. The Labute approximate surface area is 201 Å². The normalized spacial score (nSPS) is 27.7. The van der Waals surface area contributed by atoms with Gasteiger partial charge in [0.2, 0.25) is 5.91 Å². The Bertz CT molecular complexity index is 852. The van der Waals surface area contributed by atoms with E-state index in [4.69, 9.17) is 11.6 Å². The number of hydrogen-bond donors (Lipinski definition) is 4. The minimum absolute atomic E-state index is 0.0359. The van der Waals surface area contributed by atoms with Crippen LogP contribution in [0.3, 0.4) is 0 Å². The summed E-state index contributed by atoms with van der Waals surface area (Å²) in [5, 5.41) is 27.7. The summed E-state index contributed by atoms with van der Waals surface area (Å²) in [7, 11) is 0. The molecule has 2 fully saturated rings. The quantitative estimate of drug-likeness (QED) is 0.519. The van der Waals surface area contributed by atoms with Crippen LogP contribution in [-0.4, -0.2) is 58.3 Å². The zero-order valence-electron chi connectivity index (χ0n) is 20.2. The first-order valence-corrected chi connectivity index (χ1v) is 12.2. The number of benzene rings is 1. The Hall–Kier alpha value is -1.83. The van der Waals surface area contributed by atoms with E-state index in [1.165, 1.54) is 0 Å². The molecule has 0 bridgehead atoms. The molecule has 0 spiro atoms. The number of aliphatic hydroxyl groups is 2. The summed E-state index contributed by atoms with van der Waals surface area (Å²) in [6.45, 7) is 8.25. The van der Waals surface area contributed by atoms with Gasteiger partial charge in [0, 0.05) is 36.1 Å². The van der Waals surface area contributed by atoms with Crippen molar-refractivity contribution in [2.24, 2.45) is 11.3 Å². The molecule has 3 atom stereocenters. The molecule has 1 saturated carbocycles. The minimum atomic E-state index is -1.06. The van der Waals surface area contributed by atoms with E-state index in [0.29, 0.717) is 24.5 Å². The highest BCUT2D eigenvalue weighted by Crippen LogP contribution is 2.46. The number of urea groups is 1. The summed E-state index contributed by atoms with van der Waals surface area (Å²) in [4.78, 5) is 27.8. The fourth-order valence-corrected chi connectivity index (χ4v) is 5.25. The van der Waals surface area contributed by atoms with E-state index in [2.05, 4.69) is 10.6 Å². The van der Waals surface area contributed by atoms with E-state index in [0.717, 1.165) is 31.2 Å². The van der Waals surface area contributed by atoms with Crippen molar-refractivity contribution in [1.29, 1.82) is 0 Å². The van der Waals surface area contributed by atoms with Gasteiger partial charge in [-0.1, -0.05) is 50.4 Å². The number of piperidine rings is 1. The highest BCUT2D eigenvalue weighted by molar-refractivity contribution is 6.30.